The fraction of sp³-hybridized carbons (Fsp3) is 0.400. The van der Waals surface area contributed by atoms with E-state index >= 15 is 0 Å². The van der Waals surface area contributed by atoms with Gasteiger partial charge in [-0.25, -0.2) is 0 Å². The molecular formula is C5H7NO4. The van der Waals surface area contributed by atoms with Crippen LogP contribution in [0.2, 0.25) is 0 Å². The topological polar surface area (TPSA) is 72.5 Å². The van der Waals surface area contributed by atoms with E-state index < -0.39 is 11.9 Å². The molecule has 0 unspecified atom stereocenters. The van der Waals surface area contributed by atoms with E-state index in [2.05, 4.69) is 4.74 Å². The number of hydrogen-bond acceptors (Lipinski definition) is 4. The summed E-state index contributed by atoms with van der Waals surface area (Å²) in [5.74, 6) is -1.42. The number of ether oxygens (including phenoxy) is 1. The molecule has 0 spiro atoms. The molecule has 0 aromatic rings. The van der Waals surface area contributed by atoms with Gasteiger partial charge in [0.15, 0.2) is 0 Å². The maximum Gasteiger partial charge on any atom is 0.325 e. The third-order valence-electron chi connectivity index (χ3n) is 0.742. The predicted molar refractivity (Wildman–Crippen MR) is 31.1 cm³/mol. The van der Waals surface area contributed by atoms with Crippen molar-refractivity contribution in [3.63, 3.8) is 0 Å². The van der Waals surface area contributed by atoms with Crippen LogP contribution >= 0.6 is 0 Å². The van der Waals surface area contributed by atoms with Gasteiger partial charge in [0.25, 0.3) is 5.91 Å². The first-order valence-electron chi connectivity index (χ1n) is 2.50. The first kappa shape index (κ1) is 8.61. The van der Waals surface area contributed by atoms with Crippen molar-refractivity contribution in [3.05, 3.63) is 0 Å². The average Bonchev–Trinajstić information content (AvgIpc) is 1.99. The molecule has 0 aliphatic heterocycles. The smallest absolute Gasteiger partial charge is 0.325 e. The van der Waals surface area contributed by atoms with Gasteiger partial charge in [-0.05, 0) is 0 Å². The van der Waals surface area contributed by atoms with Crippen LogP contribution in [0.15, 0.2) is 0 Å². The summed E-state index contributed by atoms with van der Waals surface area (Å²) in [5.41, 5.74) is 0. The zero-order valence-electron chi connectivity index (χ0n) is 5.42. The number of nitrogens with one attached hydrogen (secondary N) is 1. The Kier molecular flexibility index (Phi) is 3.86. The predicted octanol–water partition coefficient (Wildman–Crippen LogP) is -1.53. The quantitative estimate of drug-likeness (QED) is 0.297. The van der Waals surface area contributed by atoms with Gasteiger partial charge < -0.3 is 10.1 Å². The van der Waals surface area contributed by atoms with Crippen LogP contribution in [0.25, 0.3) is 0 Å². The Morgan fingerprint density at radius 1 is 1.60 bits per heavy atom. The number of methoxy groups -OCH3 is 1. The summed E-state index contributed by atoms with van der Waals surface area (Å²) in [6, 6.07) is 0. The highest BCUT2D eigenvalue weighted by molar-refractivity contribution is 6.23. The first-order chi connectivity index (χ1) is 4.70. The number of rotatable bonds is 3. The lowest BCUT2D eigenvalue weighted by Gasteiger charge is -1.96. The molecule has 0 rings (SSSR count). The molecule has 10 heavy (non-hydrogen) atoms. The molecule has 0 aliphatic rings. The van der Waals surface area contributed by atoms with Crippen LogP contribution in [-0.2, 0) is 19.1 Å². The minimum Gasteiger partial charge on any atom is -0.468 e. The van der Waals surface area contributed by atoms with E-state index in [0.29, 0.717) is 0 Å². The maximum atomic E-state index is 10.3. The normalized spacial score (nSPS) is 8.10. The average molecular weight is 145 g/mol. The minimum atomic E-state index is -0.828. The van der Waals surface area contributed by atoms with E-state index in [9.17, 15) is 14.4 Å². The van der Waals surface area contributed by atoms with Crippen LogP contribution in [0.5, 0.6) is 0 Å². The van der Waals surface area contributed by atoms with Crippen molar-refractivity contribution >= 4 is 18.2 Å². The zero-order chi connectivity index (χ0) is 7.98. The standard InChI is InChI=1S/C5H7NO4/c1-10-5(9)2-6-4(8)3-7/h3H,2H2,1H3,(H,6,8). The van der Waals surface area contributed by atoms with Gasteiger partial charge in [-0.3, -0.25) is 14.4 Å². The fourth-order valence-corrected chi connectivity index (χ4v) is 0.273. The molecule has 0 saturated heterocycles. The second kappa shape index (κ2) is 4.49. The number of amides is 1. The number of aldehydes is 1. The van der Waals surface area contributed by atoms with E-state index in [-0.39, 0.29) is 12.8 Å². The summed E-state index contributed by atoms with van der Waals surface area (Å²) in [6.07, 6.45) is 0.0862. The zero-order valence-corrected chi connectivity index (χ0v) is 5.42. The third kappa shape index (κ3) is 3.59. The summed E-state index contributed by atoms with van der Waals surface area (Å²) >= 11 is 0. The molecule has 5 heteroatoms. The van der Waals surface area contributed by atoms with Gasteiger partial charge in [0.05, 0.1) is 7.11 Å². The Labute approximate surface area is 57.3 Å². The Morgan fingerprint density at radius 3 is 2.60 bits per heavy atom. The third-order valence-corrected chi connectivity index (χ3v) is 0.742. The summed E-state index contributed by atoms with van der Waals surface area (Å²) in [4.78, 5) is 30.1. The lowest BCUT2D eigenvalue weighted by atomic mass is 10.6. The second-order valence-electron chi connectivity index (χ2n) is 1.41. The lowest BCUT2D eigenvalue weighted by Crippen LogP contribution is -2.30. The van der Waals surface area contributed by atoms with Crippen molar-refractivity contribution < 1.29 is 19.1 Å². The van der Waals surface area contributed by atoms with Gasteiger partial charge in [0.2, 0.25) is 6.29 Å². The number of carbonyl (C=O) groups is 3. The van der Waals surface area contributed by atoms with Gasteiger partial charge in [-0.1, -0.05) is 0 Å². The Balaban J connectivity index is 3.44. The lowest BCUT2D eigenvalue weighted by molar-refractivity contribution is -0.141. The van der Waals surface area contributed by atoms with Crippen LogP contribution in [0.4, 0.5) is 0 Å². The fourth-order valence-electron chi connectivity index (χ4n) is 0.273. The molecule has 1 amide bonds. The van der Waals surface area contributed by atoms with Crippen molar-refractivity contribution in [3.8, 4) is 0 Å². The van der Waals surface area contributed by atoms with E-state index in [1.54, 1.807) is 0 Å². The van der Waals surface area contributed by atoms with Gasteiger partial charge in [-0.2, -0.15) is 0 Å². The number of esters is 1. The summed E-state index contributed by atoms with van der Waals surface area (Å²) in [5, 5.41) is 2.00. The van der Waals surface area contributed by atoms with Crippen LogP contribution in [-0.4, -0.2) is 31.8 Å². The molecule has 0 atom stereocenters. The van der Waals surface area contributed by atoms with Crippen molar-refractivity contribution in [1.82, 2.24) is 5.32 Å². The van der Waals surface area contributed by atoms with Gasteiger partial charge in [-0.15, -0.1) is 0 Å². The molecular weight excluding hydrogens is 138 g/mol. The summed E-state index contributed by atoms with van der Waals surface area (Å²) in [7, 11) is 1.19. The highest BCUT2D eigenvalue weighted by Crippen LogP contribution is 1.68. The van der Waals surface area contributed by atoms with Gasteiger partial charge in [0.1, 0.15) is 6.54 Å². The van der Waals surface area contributed by atoms with Crippen LogP contribution in [0, 0.1) is 0 Å². The highest BCUT2D eigenvalue weighted by Gasteiger charge is 2.01. The van der Waals surface area contributed by atoms with Crippen LogP contribution in [0.1, 0.15) is 0 Å². The summed E-state index contributed by atoms with van der Waals surface area (Å²) < 4.78 is 4.18. The van der Waals surface area contributed by atoms with Gasteiger partial charge >= 0.3 is 5.97 Å². The molecule has 0 saturated carbocycles. The van der Waals surface area contributed by atoms with E-state index in [0.717, 1.165) is 0 Å². The second-order valence-corrected chi connectivity index (χ2v) is 1.41. The van der Waals surface area contributed by atoms with Crippen molar-refractivity contribution in [2.75, 3.05) is 13.7 Å². The van der Waals surface area contributed by atoms with Crippen LogP contribution < -0.4 is 5.32 Å². The molecule has 1 N–H and O–H groups in total. The molecule has 0 fully saturated rings. The van der Waals surface area contributed by atoms with E-state index in [1.165, 1.54) is 7.11 Å². The Hall–Kier alpha value is -1.39. The largest absolute Gasteiger partial charge is 0.468 e. The van der Waals surface area contributed by atoms with E-state index in [1.807, 2.05) is 5.32 Å². The molecule has 0 bridgehead atoms. The molecule has 0 aromatic heterocycles. The number of hydrogen-bond donors (Lipinski definition) is 1. The van der Waals surface area contributed by atoms with E-state index in [4.69, 9.17) is 0 Å². The molecule has 5 nitrogen and oxygen atoms in total. The molecule has 0 aliphatic carbocycles. The Bertz CT molecular complexity index is 154. The highest BCUT2D eigenvalue weighted by atomic mass is 16.5. The molecule has 56 valence electrons. The van der Waals surface area contributed by atoms with Crippen LogP contribution in [0.3, 0.4) is 0 Å². The molecule has 0 aromatic carbocycles. The maximum absolute atomic E-state index is 10.3. The number of carbonyl (C=O) groups excluding carboxylic acids is 3. The van der Waals surface area contributed by atoms with Gasteiger partial charge in [0, 0.05) is 0 Å². The molecule has 0 heterocycles. The Morgan fingerprint density at radius 2 is 2.20 bits per heavy atom. The van der Waals surface area contributed by atoms with Crippen molar-refractivity contribution in [1.29, 1.82) is 0 Å². The minimum absolute atomic E-state index is 0.0862. The van der Waals surface area contributed by atoms with Crippen molar-refractivity contribution in [2.45, 2.75) is 0 Å². The monoisotopic (exact) mass is 145 g/mol. The SMILES string of the molecule is COC(=O)CNC(=O)C=O. The van der Waals surface area contributed by atoms with Crippen molar-refractivity contribution in [2.24, 2.45) is 0 Å². The molecule has 0 radical (unpaired) electrons. The first-order valence-corrected chi connectivity index (χ1v) is 2.50. The summed E-state index contributed by atoms with van der Waals surface area (Å²) in [6.45, 7) is -0.270.